The second-order valence-corrected chi connectivity index (χ2v) is 20.1. The van der Waals surface area contributed by atoms with Crippen LogP contribution in [0.3, 0.4) is 0 Å². The Morgan fingerprint density at radius 3 is 1.30 bits per heavy atom. The van der Waals surface area contributed by atoms with Crippen molar-refractivity contribution in [3.63, 3.8) is 0 Å². The zero-order chi connectivity index (χ0) is 64.0. The molecule has 3 N–H and O–H groups in total. The average Bonchev–Trinajstić information content (AvgIpc) is 1.93. The molecule has 18 heteroatoms. The Kier molecular flexibility index (Phi) is 28.7. The van der Waals surface area contributed by atoms with Gasteiger partial charge in [0.05, 0.1) is 72.0 Å². The van der Waals surface area contributed by atoms with E-state index in [1.807, 2.05) is 42.5 Å². The maximum absolute atomic E-state index is 11.9. The highest BCUT2D eigenvalue weighted by Crippen LogP contribution is 2.39. The quantitative estimate of drug-likeness (QED) is 0.0320. The van der Waals surface area contributed by atoms with Crippen molar-refractivity contribution >= 4 is 101 Å². The van der Waals surface area contributed by atoms with Gasteiger partial charge in [0.1, 0.15) is 46.0 Å². The summed E-state index contributed by atoms with van der Waals surface area (Å²) in [7, 11) is 0. The molecule has 5 aromatic carbocycles. The molecule has 88 heavy (non-hydrogen) atoms. The summed E-state index contributed by atoms with van der Waals surface area (Å²) in [5, 5.41) is 29.2. The molecule has 15 nitrogen and oxygen atoms in total. The number of thiol groups is 2. The van der Waals surface area contributed by atoms with Crippen LogP contribution in [0.15, 0.2) is 188 Å². The van der Waals surface area contributed by atoms with Crippen molar-refractivity contribution in [2.45, 2.75) is 41.9 Å². The Morgan fingerprint density at radius 1 is 0.432 bits per heavy atom. The molecule has 10 rings (SSSR count). The number of phenols is 3. The van der Waals surface area contributed by atoms with E-state index in [-0.39, 0.29) is 64.1 Å². The van der Waals surface area contributed by atoms with E-state index in [1.165, 1.54) is 30.3 Å². The third-order valence-electron chi connectivity index (χ3n) is 12.7. The Balaban J connectivity index is 0.000000197. The number of aromatic hydroxyl groups is 3. The van der Waals surface area contributed by atoms with E-state index in [1.54, 1.807) is 97.2 Å². The van der Waals surface area contributed by atoms with Gasteiger partial charge in [0, 0.05) is 70.0 Å². The summed E-state index contributed by atoms with van der Waals surface area (Å²) in [5.41, 5.74) is 5.03. The first kappa shape index (κ1) is 69.3. The van der Waals surface area contributed by atoms with E-state index >= 15 is 0 Å². The Bertz CT molecular complexity index is 3570. The van der Waals surface area contributed by atoms with Crippen LogP contribution in [0.1, 0.15) is 121 Å². The maximum Gasteiger partial charge on any atom is 0.170 e. The largest absolute Gasteiger partial charge is 0.508 e. The van der Waals surface area contributed by atoms with E-state index in [2.05, 4.69) is 67.5 Å². The van der Waals surface area contributed by atoms with Crippen LogP contribution in [0.4, 0.5) is 0 Å². The van der Waals surface area contributed by atoms with Gasteiger partial charge in [-0.2, -0.15) is 0 Å². The molecular weight excluding hydrogens is 1220 g/mol. The lowest BCUT2D eigenvalue weighted by atomic mass is 9.97. The molecule has 0 aromatic heterocycles. The maximum atomic E-state index is 11.9. The second kappa shape index (κ2) is 36.5. The molecule has 0 fully saturated rings. The number of phenolic OH excluding ortho intramolecular Hbond substituents is 3. The highest BCUT2D eigenvalue weighted by molar-refractivity contribution is 9.09. The van der Waals surface area contributed by atoms with Crippen LogP contribution in [0, 0.1) is 0 Å². The Hall–Kier alpha value is -9.49. The fourth-order valence-electron chi connectivity index (χ4n) is 8.44. The van der Waals surface area contributed by atoms with Crippen LogP contribution in [0.25, 0.3) is 18.2 Å². The number of Topliss-reactive ketones (excluding diaryl/α,β-unsaturated/α-hetero) is 5. The molecule has 0 radical (unpaired) electrons. The summed E-state index contributed by atoms with van der Waals surface area (Å²) in [6.45, 7) is 16.0. The monoisotopic (exact) mass is 1290 g/mol. The number of ketones is 5. The van der Waals surface area contributed by atoms with Crippen LogP contribution in [-0.2, 0) is 0 Å². The standard InChI is InChI=1S/C16H14O3S.C15H14O3.C15H14O2S.C10H8O4.C9H8O3.C5H7Br/c1-2-3-4-5-6-12-15-13(14(18)7-8-19-15)9-11(10-17)16(12)20;1-2-3-4-5-6-11-13(16)8-7-12-14(17)9-10-18-15(11)12;1-2-3-4-5-6-12-14(18)8-7-11-13(16)9-10-17-15(11)12;11-5-7-8(12)2-1-6-9(13)3-4-14-10(6)7;10-6-1-2-7-8(11)3-4-12-9(7)5-6;1-2-3-4-5-6/h2-6,9-10,20H,1,7-8H2;2-8,16H,1,9-10H2;2-8,18H,1,9-10H2;1-2,5,12H,3-4H2;1-2,5,10H,3-4H2;2-4H,1,5H2/b3*4-3+,6-5+;;;4-3+. The molecule has 0 saturated carbocycles. The zero-order valence-electron chi connectivity index (χ0n) is 47.9. The number of carbonyl (C=O) groups excluding carboxylic acids is 7. The lowest BCUT2D eigenvalue weighted by molar-refractivity contribution is 0.0922. The lowest BCUT2D eigenvalue weighted by Gasteiger charge is -2.20. The van der Waals surface area contributed by atoms with Gasteiger partial charge in [0.2, 0.25) is 0 Å². The van der Waals surface area contributed by atoms with Gasteiger partial charge in [-0.15, -0.1) is 25.3 Å². The third-order valence-corrected chi connectivity index (χ3v) is 13.9. The summed E-state index contributed by atoms with van der Waals surface area (Å²) in [6.07, 6.45) is 35.4. The van der Waals surface area contributed by atoms with Crippen molar-refractivity contribution in [2.75, 3.05) is 38.4 Å². The van der Waals surface area contributed by atoms with Crippen molar-refractivity contribution in [1.82, 2.24) is 0 Å². The molecule has 5 aromatic rings. The van der Waals surface area contributed by atoms with Crippen molar-refractivity contribution in [2.24, 2.45) is 0 Å². The van der Waals surface area contributed by atoms with Gasteiger partial charge in [0.15, 0.2) is 41.5 Å². The van der Waals surface area contributed by atoms with Crippen LogP contribution in [0.2, 0.25) is 0 Å². The van der Waals surface area contributed by atoms with Gasteiger partial charge in [-0.05, 0) is 60.7 Å². The molecule has 0 saturated heterocycles. The molecule has 454 valence electrons. The minimum absolute atomic E-state index is 0.0148. The fraction of sp³-hybridized carbons (Fsp3) is 0.157. The number of aldehydes is 2. The minimum Gasteiger partial charge on any atom is -0.508 e. The van der Waals surface area contributed by atoms with Crippen molar-refractivity contribution in [1.29, 1.82) is 0 Å². The van der Waals surface area contributed by atoms with Gasteiger partial charge >= 0.3 is 0 Å². The number of halogens is 1. The van der Waals surface area contributed by atoms with Crippen molar-refractivity contribution in [3.8, 4) is 46.0 Å². The molecule has 0 unspecified atom stereocenters. The third kappa shape index (κ3) is 19.5. The first-order valence-corrected chi connectivity index (χ1v) is 29.3. The molecule has 0 bridgehead atoms. The first-order valence-electron chi connectivity index (χ1n) is 27.3. The molecule has 0 atom stereocenters. The highest BCUT2D eigenvalue weighted by Gasteiger charge is 2.27. The summed E-state index contributed by atoms with van der Waals surface area (Å²) >= 11 is 12.0. The van der Waals surface area contributed by atoms with E-state index in [0.29, 0.717) is 144 Å². The molecule has 0 aliphatic carbocycles. The number of hydrogen-bond acceptors (Lipinski definition) is 17. The number of rotatable bonds is 13. The van der Waals surface area contributed by atoms with E-state index < -0.39 is 0 Å². The number of ether oxygens (including phenoxy) is 5. The number of carbonyl (C=O) groups is 7. The van der Waals surface area contributed by atoms with Crippen LogP contribution >= 0.6 is 41.2 Å². The molecule has 5 aliphatic rings. The summed E-state index contributed by atoms with van der Waals surface area (Å²) in [4.78, 5) is 81.1. The smallest absolute Gasteiger partial charge is 0.170 e. The summed E-state index contributed by atoms with van der Waals surface area (Å²) in [5.74, 6) is 2.56. The van der Waals surface area contributed by atoms with Gasteiger partial charge in [-0.1, -0.05) is 146 Å². The predicted octanol–water partition coefficient (Wildman–Crippen LogP) is 15.0. The topological polar surface area (TPSA) is 226 Å². The molecule has 5 heterocycles. The van der Waals surface area contributed by atoms with Crippen LogP contribution in [0.5, 0.6) is 46.0 Å². The van der Waals surface area contributed by atoms with Crippen molar-refractivity contribution in [3.05, 3.63) is 234 Å². The number of benzene rings is 5. The summed E-state index contributed by atoms with van der Waals surface area (Å²) < 4.78 is 27.0. The SMILES string of the molecule is C=C/C=C/C=C/c1c(O)ccc2c1OCCC2=O.C=C/C=C/C=C/c1c(S)c(C=O)cc2c1OCCC2=O.C=C/C=C/C=C/c1c(S)ccc2c1OCCC2=O.C=C/C=C/CBr.O=C1CCOc2cc(O)ccc21.O=Cc1c(O)ccc2c1OCCC2=O. The molecular formula is C70H65BrO15S2. The van der Waals surface area contributed by atoms with E-state index in [0.717, 1.165) is 15.8 Å². The number of allylic oxidation sites excluding steroid dienone is 15. The molecule has 5 aliphatic heterocycles. The number of fused-ring (bicyclic) bond motifs is 5. The number of alkyl halides is 1. The second-order valence-electron chi connectivity index (χ2n) is 18.5. The molecule has 0 spiro atoms. The average molecular weight is 1290 g/mol. The van der Waals surface area contributed by atoms with Gasteiger partial charge in [-0.25, -0.2) is 0 Å². The number of hydrogen-bond donors (Lipinski definition) is 5. The minimum atomic E-state index is -0.159. The Labute approximate surface area is 530 Å². The van der Waals surface area contributed by atoms with Gasteiger partial charge in [-0.3, -0.25) is 33.6 Å². The lowest BCUT2D eigenvalue weighted by Crippen LogP contribution is -2.17. The van der Waals surface area contributed by atoms with Gasteiger partial charge in [0.25, 0.3) is 0 Å². The van der Waals surface area contributed by atoms with Crippen LogP contribution in [-0.4, -0.2) is 95.2 Å². The normalized spacial score (nSPS) is 14.3. The summed E-state index contributed by atoms with van der Waals surface area (Å²) in [6, 6.07) is 15.6. The van der Waals surface area contributed by atoms with Crippen molar-refractivity contribution < 1.29 is 72.6 Å². The van der Waals surface area contributed by atoms with E-state index in [4.69, 9.17) is 28.8 Å². The van der Waals surface area contributed by atoms with Gasteiger partial charge < -0.3 is 39.0 Å². The predicted molar refractivity (Wildman–Crippen MR) is 353 cm³/mol. The molecule has 0 amide bonds. The van der Waals surface area contributed by atoms with Crippen LogP contribution < -0.4 is 23.7 Å². The van der Waals surface area contributed by atoms with E-state index in [9.17, 15) is 43.8 Å². The first-order chi connectivity index (χ1) is 42.6. The zero-order valence-corrected chi connectivity index (χ0v) is 51.3. The highest BCUT2D eigenvalue weighted by atomic mass is 79.9. The fourth-order valence-corrected chi connectivity index (χ4v) is 9.20. The Morgan fingerprint density at radius 2 is 0.830 bits per heavy atom.